The van der Waals surface area contributed by atoms with E-state index >= 15 is 0 Å². The molecule has 1 aromatic carbocycles. The molecule has 1 unspecified atom stereocenters. The van der Waals surface area contributed by atoms with E-state index < -0.39 is 11.9 Å². The molecule has 0 spiro atoms. The van der Waals surface area contributed by atoms with Crippen LogP contribution in [0.3, 0.4) is 0 Å². The van der Waals surface area contributed by atoms with Gasteiger partial charge in [-0.25, -0.2) is 0 Å². The van der Waals surface area contributed by atoms with Gasteiger partial charge in [-0.05, 0) is 43.0 Å². The van der Waals surface area contributed by atoms with Gasteiger partial charge in [-0.3, -0.25) is 19.7 Å². The molecule has 0 bridgehead atoms. The molecule has 27 heavy (non-hydrogen) atoms. The van der Waals surface area contributed by atoms with E-state index in [1.165, 1.54) is 4.90 Å². The fourth-order valence-electron chi connectivity index (χ4n) is 3.43. The van der Waals surface area contributed by atoms with Crippen LogP contribution in [0, 0.1) is 11.8 Å². The van der Waals surface area contributed by atoms with Crippen molar-refractivity contribution < 1.29 is 19.2 Å². The minimum atomic E-state index is -0.594. The summed E-state index contributed by atoms with van der Waals surface area (Å²) < 4.78 is 0. The first-order valence-corrected chi connectivity index (χ1v) is 9.30. The van der Waals surface area contributed by atoms with E-state index in [2.05, 4.69) is 17.2 Å². The predicted molar refractivity (Wildman–Crippen MR) is 98.5 cm³/mol. The molecule has 1 fully saturated rings. The van der Waals surface area contributed by atoms with Gasteiger partial charge in [0.2, 0.25) is 11.8 Å². The molecule has 2 aliphatic heterocycles. The molecule has 0 saturated carbocycles. The van der Waals surface area contributed by atoms with Gasteiger partial charge in [0.05, 0.1) is 0 Å². The summed E-state index contributed by atoms with van der Waals surface area (Å²) in [6.07, 6.45) is 5.80. The summed E-state index contributed by atoms with van der Waals surface area (Å²) in [5, 5.41) is 2.30. The average molecular weight is 366 g/mol. The largest absolute Gasteiger partial charge is 0.322 e. The van der Waals surface area contributed by atoms with E-state index in [1.807, 2.05) is 12.1 Å². The number of hydrogen-bond donors (Lipinski definition) is 1. The zero-order valence-corrected chi connectivity index (χ0v) is 15.1. The standard InChI is InChI=1S/C21H22N2O4/c24-12-6-4-2-1-3-5-7-15-8-9-17-16(13-15)14-23(21(17)27)18-10-11-19(25)22-20(18)26/h8-9,12-13,18H,1-4,6,10-11,14H2,(H,22,25,26). The Balaban J connectivity index is 1.61. The number of piperidine rings is 1. The normalized spacial score (nSPS) is 18.6. The second kappa shape index (κ2) is 8.63. The second-order valence-corrected chi connectivity index (χ2v) is 6.84. The highest BCUT2D eigenvalue weighted by atomic mass is 16.2. The number of hydrogen-bond acceptors (Lipinski definition) is 4. The Bertz CT molecular complexity index is 834. The zero-order valence-electron chi connectivity index (χ0n) is 15.1. The van der Waals surface area contributed by atoms with E-state index in [0.29, 0.717) is 24.9 Å². The smallest absolute Gasteiger partial charge is 0.255 e. The molecule has 1 N–H and O–H groups in total. The minimum Gasteiger partial charge on any atom is -0.322 e. The van der Waals surface area contributed by atoms with Crippen molar-refractivity contribution in [2.24, 2.45) is 0 Å². The van der Waals surface area contributed by atoms with Gasteiger partial charge in [-0.15, -0.1) is 0 Å². The van der Waals surface area contributed by atoms with Gasteiger partial charge < -0.3 is 9.69 Å². The van der Waals surface area contributed by atoms with E-state index in [9.17, 15) is 19.2 Å². The van der Waals surface area contributed by atoms with E-state index in [1.54, 1.807) is 6.07 Å². The highest BCUT2D eigenvalue weighted by Crippen LogP contribution is 2.28. The summed E-state index contributed by atoms with van der Waals surface area (Å²) >= 11 is 0. The Morgan fingerprint density at radius 3 is 2.81 bits per heavy atom. The third kappa shape index (κ3) is 4.43. The van der Waals surface area contributed by atoms with Crippen LogP contribution >= 0.6 is 0 Å². The van der Waals surface area contributed by atoms with Crippen LogP contribution in [0.2, 0.25) is 0 Å². The quantitative estimate of drug-likeness (QED) is 0.361. The van der Waals surface area contributed by atoms with Crippen molar-refractivity contribution in [1.29, 1.82) is 0 Å². The number of benzene rings is 1. The lowest BCUT2D eigenvalue weighted by Crippen LogP contribution is -2.52. The number of unbranched alkanes of at least 4 members (excludes halogenated alkanes) is 4. The van der Waals surface area contributed by atoms with Crippen molar-refractivity contribution in [3.63, 3.8) is 0 Å². The summed E-state index contributed by atoms with van der Waals surface area (Å²) in [6, 6.07) is 4.89. The number of carbonyl (C=O) groups is 4. The van der Waals surface area contributed by atoms with Crippen molar-refractivity contribution in [1.82, 2.24) is 10.2 Å². The van der Waals surface area contributed by atoms with Crippen LogP contribution in [-0.2, 0) is 20.9 Å². The minimum absolute atomic E-state index is 0.172. The lowest BCUT2D eigenvalue weighted by atomic mass is 10.0. The van der Waals surface area contributed by atoms with Crippen LogP contribution in [0.1, 0.15) is 66.4 Å². The van der Waals surface area contributed by atoms with Crippen LogP contribution in [0.15, 0.2) is 18.2 Å². The molecule has 6 nitrogen and oxygen atoms in total. The van der Waals surface area contributed by atoms with Crippen molar-refractivity contribution >= 4 is 24.0 Å². The fraction of sp³-hybridized carbons (Fsp3) is 0.429. The van der Waals surface area contributed by atoms with Gasteiger partial charge >= 0.3 is 0 Å². The SMILES string of the molecule is O=CCCCCCC#Cc1ccc2c(c1)CN(C1CCC(=O)NC1=O)C2=O. The van der Waals surface area contributed by atoms with Crippen LogP contribution in [0.4, 0.5) is 0 Å². The number of imide groups is 1. The molecular formula is C21H22N2O4. The molecule has 2 heterocycles. The summed E-state index contributed by atoms with van der Waals surface area (Å²) in [5.41, 5.74) is 2.31. The maximum atomic E-state index is 12.6. The van der Waals surface area contributed by atoms with Gasteiger partial charge in [0.15, 0.2) is 0 Å². The number of rotatable bonds is 6. The Morgan fingerprint density at radius 1 is 1.19 bits per heavy atom. The molecule has 1 saturated heterocycles. The maximum absolute atomic E-state index is 12.6. The lowest BCUT2D eigenvalue weighted by molar-refractivity contribution is -0.136. The van der Waals surface area contributed by atoms with E-state index in [4.69, 9.17) is 0 Å². The highest BCUT2D eigenvalue weighted by Gasteiger charge is 2.38. The fourth-order valence-corrected chi connectivity index (χ4v) is 3.43. The number of aldehydes is 1. The first kappa shape index (κ1) is 18.8. The third-order valence-corrected chi connectivity index (χ3v) is 4.88. The number of fused-ring (bicyclic) bond motifs is 1. The summed E-state index contributed by atoms with van der Waals surface area (Å²) in [7, 11) is 0. The zero-order chi connectivity index (χ0) is 19.2. The Morgan fingerprint density at radius 2 is 2.04 bits per heavy atom. The van der Waals surface area contributed by atoms with Crippen molar-refractivity contribution in [2.75, 3.05) is 0 Å². The summed E-state index contributed by atoms with van der Waals surface area (Å²) in [4.78, 5) is 47.8. The van der Waals surface area contributed by atoms with Gasteiger partial charge in [-0.1, -0.05) is 18.3 Å². The maximum Gasteiger partial charge on any atom is 0.255 e. The summed E-state index contributed by atoms with van der Waals surface area (Å²) in [6.45, 7) is 0.363. The van der Waals surface area contributed by atoms with E-state index in [-0.39, 0.29) is 18.2 Å². The predicted octanol–water partition coefficient (Wildman–Crippen LogP) is 1.95. The number of carbonyl (C=O) groups excluding carboxylic acids is 4. The number of nitrogens with one attached hydrogen (secondary N) is 1. The first-order valence-electron chi connectivity index (χ1n) is 9.30. The first-order chi connectivity index (χ1) is 13.1. The van der Waals surface area contributed by atoms with Crippen LogP contribution in [0.25, 0.3) is 0 Å². The highest BCUT2D eigenvalue weighted by molar-refractivity contribution is 6.05. The van der Waals surface area contributed by atoms with Gasteiger partial charge in [-0.2, -0.15) is 0 Å². The number of amides is 3. The van der Waals surface area contributed by atoms with Crippen molar-refractivity contribution in [3.8, 4) is 11.8 Å². The molecule has 2 aliphatic rings. The van der Waals surface area contributed by atoms with Gasteiger partial charge in [0.1, 0.15) is 12.3 Å². The van der Waals surface area contributed by atoms with Crippen LogP contribution in [0.5, 0.6) is 0 Å². The molecule has 140 valence electrons. The Labute approximate surface area is 158 Å². The molecule has 3 rings (SSSR count). The Hall–Kier alpha value is -2.94. The number of nitrogens with zero attached hydrogens (tertiary/aromatic N) is 1. The second-order valence-electron chi connectivity index (χ2n) is 6.84. The third-order valence-electron chi connectivity index (χ3n) is 4.88. The summed E-state index contributed by atoms with van der Waals surface area (Å²) in [5.74, 6) is 5.38. The monoisotopic (exact) mass is 366 g/mol. The van der Waals surface area contributed by atoms with Gasteiger partial charge in [0, 0.05) is 36.9 Å². The van der Waals surface area contributed by atoms with Gasteiger partial charge in [0.25, 0.3) is 5.91 Å². The van der Waals surface area contributed by atoms with Crippen molar-refractivity contribution in [2.45, 2.75) is 57.5 Å². The average Bonchev–Trinajstić information content (AvgIpc) is 2.97. The molecule has 0 aliphatic carbocycles. The topological polar surface area (TPSA) is 83.6 Å². The van der Waals surface area contributed by atoms with Crippen molar-refractivity contribution in [3.05, 3.63) is 34.9 Å². The molecule has 0 radical (unpaired) electrons. The molecule has 0 aromatic heterocycles. The van der Waals surface area contributed by atoms with Crippen LogP contribution < -0.4 is 5.32 Å². The Kier molecular flexibility index (Phi) is 6.02. The lowest BCUT2D eigenvalue weighted by Gasteiger charge is -2.29. The molecule has 6 heteroatoms. The molecule has 1 aromatic rings. The molecule has 1 atom stereocenters. The molecular weight excluding hydrogens is 344 g/mol. The van der Waals surface area contributed by atoms with Crippen LogP contribution in [-0.4, -0.2) is 34.9 Å². The van der Waals surface area contributed by atoms with E-state index in [0.717, 1.165) is 43.1 Å². The molecule has 3 amide bonds.